The van der Waals surface area contributed by atoms with Gasteiger partial charge in [0.2, 0.25) is 21.8 Å². The van der Waals surface area contributed by atoms with E-state index in [4.69, 9.17) is 27.9 Å². The highest BCUT2D eigenvalue weighted by atomic mass is 35.5. The molecule has 232 valence electrons. The van der Waals surface area contributed by atoms with Crippen LogP contribution in [0.25, 0.3) is 0 Å². The van der Waals surface area contributed by atoms with E-state index in [1.54, 1.807) is 42.5 Å². The molecule has 2 amide bonds. The van der Waals surface area contributed by atoms with Crippen molar-refractivity contribution < 1.29 is 22.7 Å². The molecule has 0 aromatic heterocycles. The summed E-state index contributed by atoms with van der Waals surface area (Å²) in [6.07, 6.45) is 3.35. The highest BCUT2D eigenvalue weighted by molar-refractivity contribution is 7.92. The lowest BCUT2D eigenvalue weighted by molar-refractivity contribution is -0.141. The third-order valence-electron chi connectivity index (χ3n) is 6.96. The summed E-state index contributed by atoms with van der Waals surface area (Å²) < 4.78 is 32.1. The first-order valence-corrected chi connectivity index (χ1v) is 16.8. The number of hydrogen-bond donors (Lipinski definition) is 1. The number of para-hydroxylation sites is 2. The molecule has 11 heteroatoms. The van der Waals surface area contributed by atoms with Gasteiger partial charge in [0.15, 0.2) is 0 Å². The number of nitrogens with zero attached hydrogens (tertiary/aromatic N) is 2. The molecule has 0 aliphatic carbocycles. The summed E-state index contributed by atoms with van der Waals surface area (Å²) in [6.45, 7) is 2.66. The zero-order valence-electron chi connectivity index (χ0n) is 24.8. The molecule has 0 unspecified atom stereocenters. The van der Waals surface area contributed by atoms with E-state index in [0.717, 1.165) is 24.7 Å². The molecule has 3 aromatic rings. The van der Waals surface area contributed by atoms with Crippen LogP contribution < -0.4 is 14.4 Å². The fourth-order valence-corrected chi connectivity index (χ4v) is 6.15. The summed E-state index contributed by atoms with van der Waals surface area (Å²) in [5.41, 5.74) is 1.94. The fraction of sp³-hybridized carbons (Fsp3) is 0.375. The van der Waals surface area contributed by atoms with Gasteiger partial charge < -0.3 is 15.0 Å². The van der Waals surface area contributed by atoms with Crippen LogP contribution in [0.5, 0.6) is 5.75 Å². The number of unbranched alkanes of at least 4 members (excludes halogenated alkanes) is 1. The Morgan fingerprint density at radius 3 is 2.33 bits per heavy atom. The van der Waals surface area contributed by atoms with Crippen LogP contribution in [0.15, 0.2) is 72.8 Å². The van der Waals surface area contributed by atoms with Crippen LogP contribution in [-0.2, 0) is 32.6 Å². The quantitative estimate of drug-likeness (QED) is 0.189. The molecule has 3 aromatic carbocycles. The van der Waals surface area contributed by atoms with Crippen molar-refractivity contribution in [2.75, 3.05) is 30.8 Å². The van der Waals surface area contributed by atoms with E-state index in [0.29, 0.717) is 40.0 Å². The van der Waals surface area contributed by atoms with Crippen LogP contribution in [-0.4, -0.2) is 57.6 Å². The molecule has 3 rings (SSSR count). The Morgan fingerprint density at radius 2 is 1.67 bits per heavy atom. The Labute approximate surface area is 265 Å². The van der Waals surface area contributed by atoms with Gasteiger partial charge in [-0.2, -0.15) is 0 Å². The second-order valence-corrected chi connectivity index (χ2v) is 13.0. The number of hydrogen-bond acceptors (Lipinski definition) is 5. The van der Waals surface area contributed by atoms with Gasteiger partial charge in [0.05, 0.1) is 19.1 Å². The van der Waals surface area contributed by atoms with Gasteiger partial charge in [0, 0.05) is 42.5 Å². The van der Waals surface area contributed by atoms with Crippen LogP contribution >= 0.6 is 23.2 Å². The Kier molecular flexibility index (Phi) is 13.2. The lowest BCUT2D eigenvalue weighted by atomic mass is 10.0. The van der Waals surface area contributed by atoms with Gasteiger partial charge in [-0.15, -0.1) is 0 Å². The van der Waals surface area contributed by atoms with E-state index in [-0.39, 0.29) is 37.7 Å². The van der Waals surface area contributed by atoms with E-state index < -0.39 is 16.1 Å². The number of carbonyl (C=O) groups is 2. The Bertz CT molecular complexity index is 1470. The van der Waals surface area contributed by atoms with Crippen molar-refractivity contribution in [1.82, 2.24) is 10.2 Å². The van der Waals surface area contributed by atoms with E-state index >= 15 is 0 Å². The van der Waals surface area contributed by atoms with Crippen molar-refractivity contribution in [1.29, 1.82) is 0 Å². The molecule has 0 bridgehead atoms. The molecule has 0 aliphatic rings. The molecule has 0 aliphatic heterocycles. The minimum Gasteiger partial charge on any atom is -0.495 e. The average molecular weight is 649 g/mol. The molecule has 1 N–H and O–H groups in total. The molecular formula is C32H39Cl2N3O5S. The van der Waals surface area contributed by atoms with Gasteiger partial charge in [0.1, 0.15) is 11.8 Å². The van der Waals surface area contributed by atoms with Gasteiger partial charge in [-0.05, 0) is 48.2 Å². The molecular weight excluding hydrogens is 609 g/mol. The third-order valence-corrected chi connectivity index (χ3v) is 8.73. The molecule has 0 saturated heterocycles. The minimum absolute atomic E-state index is 0.0000917. The number of rotatable bonds is 16. The first kappa shape index (κ1) is 34.2. The Hall–Kier alpha value is -3.27. The highest BCUT2D eigenvalue weighted by Crippen LogP contribution is 2.30. The standard InChI is InChI=1S/C32H39Cl2N3O5S/c1-4-5-19-35-32(39)29(21-24-12-7-6-8-13-24)36(23-25-17-18-26(33)22-27(25)34)31(38)16-11-20-37(43(3,40)41)28-14-9-10-15-30(28)42-2/h6-10,12-15,17-18,22,29H,4-5,11,16,19-21,23H2,1-3H3,(H,35,39)/t29-/m1/s1. The highest BCUT2D eigenvalue weighted by Gasteiger charge is 2.31. The second-order valence-electron chi connectivity index (χ2n) is 10.2. The van der Waals surface area contributed by atoms with E-state index in [1.807, 2.05) is 37.3 Å². The fourth-order valence-electron chi connectivity index (χ4n) is 4.71. The average Bonchev–Trinajstić information content (AvgIpc) is 2.98. The number of benzene rings is 3. The molecule has 0 spiro atoms. The lowest BCUT2D eigenvalue weighted by Crippen LogP contribution is -2.50. The maximum absolute atomic E-state index is 14.0. The van der Waals surface area contributed by atoms with E-state index in [1.165, 1.54) is 16.3 Å². The summed E-state index contributed by atoms with van der Waals surface area (Å²) in [7, 11) is -2.20. The zero-order valence-corrected chi connectivity index (χ0v) is 27.1. The van der Waals surface area contributed by atoms with Crippen molar-refractivity contribution in [3.63, 3.8) is 0 Å². The van der Waals surface area contributed by atoms with Crippen molar-refractivity contribution in [2.24, 2.45) is 0 Å². The SMILES string of the molecule is CCCCNC(=O)[C@@H](Cc1ccccc1)N(Cc1ccc(Cl)cc1Cl)C(=O)CCCN(c1ccccc1OC)S(C)(=O)=O. The van der Waals surface area contributed by atoms with E-state index in [9.17, 15) is 18.0 Å². The van der Waals surface area contributed by atoms with Crippen molar-refractivity contribution in [3.05, 3.63) is 94.0 Å². The van der Waals surface area contributed by atoms with Gasteiger partial charge in [-0.25, -0.2) is 8.42 Å². The number of carbonyl (C=O) groups excluding carboxylic acids is 2. The summed E-state index contributed by atoms with van der Waals surface area (Å²) in [5, 5.41) is 3.83. The second kappa shape index (κ2) is 16.5. The van der Waals surface area contributed by atoms with Crippen LogP contribution in [0.1, 0.15) is 43.7 Å². The maximum Gasteiger partial charge on any atom is 0.243 e. The monoisotopic (exact) mass is 647 g/mol. The first-order valence-electron chi connectivity index (χ1n) is 14.2. The predicted octanol–water partition coefficient (Wildman–Crippen LogP) is 6.10. The zero-order chi connectivity index (χ0) is 31.4. The van der Waals surface area contributed by atoms with Crippen molar-refractivity contribution >= 4 is 50.7 Å². The molecule has 0 radical (unpaired) electrons. The summed E-state index contributed by atoms with van der Waals surface area (Å²) in [5.74, 6) is -0.154. The normalized spacial score (nSPS) is 11.9. The number of methoxy groups -OCH3 is 1. The lowest BCUT2D eigenvalue weighted by Gasteiger charge is -2.32. The third kappa shape index (κ3) is 10.2. The van der Waals surface area contributed by atoms with E-state index in [2.05, 4.69) is 5.32 Å². The van der Waals surface area contributed by atoms with Gasteiger partial charge in [0.25, 0.3) is 0 Å². The molecule has 0 saturated carbocycles. The number of ether oxygens (including phenoxy) is 1. The maximum atomic E-state index is 14.0. The first-order chi connectivity index (χ1) is 20.5. The number of sulfonamides is 1. The van der Waals surface area contributed by atoms with Crippen molar-refractivity contribution in [2.45, 2.75) is 51.6 Å². The smallest absolute Gasteiger partial charge is 0.243 e. The minimum atomic E-state index is -3.68. The summed E-state index contributed by atoms with van der Waals surface area (Å²) in [6, 6.07) is 20.5. The molecule has 1 atom stereocenters. The van der Waals surface area contributed by atoms with Crippen LogP contribution in [0.3, 0.4) is 0 Å². The van der Waals surface area contributed by atoms with Crippen LogP contribution in [0.4, 0.5) is 5.69 Å². The number of anilines is 1. The number of nitrogens with one attached hydrogen (secondary N) is 1. The Morgan fingerprint density at radius 1 is 0.977 bits per heavy atom. The molecule has 8 nitrogen and oxygen atoms in total. The van der Waals surface area contributed by atoms with Gasteiger partial charge in [-0.3, -0.25) is 13.9 Å². The van der Waals surface area contributed by atoms with Gasteiger partial charge in [-0.1, -0.05) is 85.1 Å². The number of amides is 2. The van der Waals surface area contributed by atoms with Crippen LogP contribution in [0, 0.1) is 0 Å². The largest absolute Gasteiger partial charge is 0.495 e. The molecule has 43 heavy (non-hydrogen) atoms. The van der Waals surface area contributed by atoms with Gasteiger partial charge >= 0.3 is 0 Å². The summed E-state index contributed by atoms with van der Waals surface area (Å²) in [4.78, 5) is 29.1. The van der Waals surface area contributed by atoms with Crippen molar-refractivity contribution in [3.8, 4) is 5.75 Å². The molecule has 0 fully saturated rings. The number of halogens is 2. The topological polar surface area (TPSA) is 96.0 Å². The summed E-state index contributed by atoms with van der Waals surface area (Å²) >= 11 is 12.6. The molecule has 0 heterocycles. The van der Waals surface area contributed by atoms with Crippen LogP contribution in [0.2, 0.25) is 10.0 Å². The predicted molar refractivity (Wildman–Crippen MR) is 173 cm³/mol. The Balaban J connectivity index is 1.91.